The number of fused-ring (bicyclic) bond motifs is 1. The van der Waals surface area contributed by atoms with Crippen LogP contribution >= 0.6 is 11.6 Å². The number of allylic oxidation sites excluding steroid dienone is 3. The molecule has 25 heavy (non-hydrogen) atoms. The Morgan fingerprint density at radius 1 is 1.12 bits per heavy atom. The highest BCUT2D eigenvalue weighted by Gasteiger charge is 2.15. The number of pyridine rings is 2. The van der Waals surface area contributed by atoms with E-state index < -0.39 is 0 Å². The second kappa shape index (κ2) is 6.57. The number of rotatable bonds is 3. The van der Waals surface area contributed by atoms with Crippen LogP contribution in [-0.4, -0.2) is 9.55 Å². The maximum Gasteiger partial charge on any atom is 0.191 e. The fourth-order valence-corrected chi connectivity index (χ4v) is 3.26. The number of anilines is 1. The molecule has 1 aliphatic carbocycles. The molecule has 3 aromatic rings. The van der Waals surface area contributed by atoms with Gasteiger partial charge in [-0.15, -0.1) is 0 Å². The minimum atomic E-state index is -0.0885. The van der Waals surface area contributed by atoms with Gasteiger partial charge in [-0.05, 0) is 37.1 Å². The van der Waals surface area contributed by atoms with Gasteiger partial charge in [-0.3, -0.25) is 9.36 Å². The van der Waals surface area contributed by atoms with E-state index in [4.69, 9.17) is 11.6 Å². The Balaban J connectivity index is 2.01. The fourth-order valence-electron chi connectivity index (χ4n) is 3.02. The van der Waals surface area contributed by atoms with E-state index in [1.165, 1.54) is 0 Å². The van der Waals surface area contributed by atoms with E-state index in [-0.39, 0.29) is 5.43 Å². The molecule has 0 radical (unpaired) electrons. The largest absolute Gasteiger partial charge is 0.342 e. The predicted octanol–water partition coefficient (Wildman–Crippen LogP) is 4.68. The lowest BCUT2D eigenvalue weighted by atomic mass is 10.1. The van der Waals surface area contributed by atoms with Crippen molar-refractivity contribution >= 4 is 28.3 Å². The van der Waals surface area contributed by atoms with Crippen LogP contribution in [-0.2, 0) is 0 Å². The summed E-state index contributed by atoms with van der Waals surface area (Å²) < 4.78 is 1.94. The van der Waals surface area contributed by atoms with E-state index in [0.29, 0.717) is 21.9 Å². The maximum absolute atomic E-state index is 12.6. The van der Waals surface area contributed by atoms with Crippen LogP contribution in [0.2, 0.25) is 5.15 Å². The molecular weight excluding hydrogens is 334 g/mol. The van der Waals surface area contributed by atoms with Crippen LogP contribution < -0.4 is 10.7 Å². The van der Waals surface area contributed by atoms with Crippen LogP contribution in [0.4, 0.5) is 5.82 Å². The van der Waals surface area contributed by atoms with E-state index >= 15 is 0 Å². The van der Waals surface area contributed by atoms with Gasteiger partial charge in [0.2, 0.25) is 0 Å². The Morgan fingerprint density at radius 2 is 1.96 bits per heavy atom. The summed E-state index contributed by atoms with van der Waals surface area (Å²) >= 11 is 6.37. The smallest absolute Gasteiger partial charge is 0.191 e. The highest BCUT2D eigenvalue weighted by atomic mass is 35.5. The van der Waals surface area contributed by atoms with E-state index in [1.54, 1.807) is 18.3 Å². The second-order valence-corrected chi connectivity index (χ2v) is 6.18. The molecule has 0 atom stereocenters. The minimum absolute atomic E-state index is 0.0885. The molecule has 5 heteroatoms. The molecule has 2 heterocycles. The summed E-state index contributed by atoms with van der Waals surface area (Å²) in [6, 6.07) is 13.1. The third-order valence-electron chi connectivity index (χ3n) is 4.16. The van der Waals surface area contributed by atoms with Crippen LogP contribution in [0.15, 0.2) is 77.4 Å². The minimum Gasteiger partial charge on any atom is -0.342 e. The lowest BCUT2D eigenvalue weighted by Gasteiger charge is -2.19. The van der Waals surface area contributed by atoms with Gasteiger partial charge in [-0.1, -0.05) is 42.0 Å². The Labute approximate surface area is 150 Å². The summed E-state index contributed by atoms with van der Waals surface area (Å²) in [4.78, 5) is 16.8. The van der Waals surface area contributed by atoms with Crippen molar-refractivity contribution in [3.8, 4) is 5.69 Å². The zero-order valence-corrected chi connectivity index (χ0v) is 14.2. The average molecular weight is 350 g/mol. The van der Waals surface area contributed by atoms with Gasteiger partial charge in [0.05, 0.1) is 10.9 Å². The zero-order chi connectivity index (χ0) is 17.2. The first kappa shape index (κ1) is 15.7. The number of hydrogen-bond donors (Lipinski definition) is 1. The summed E-state index contributed by atoms with van der Waals surface area (Å²) in [5, 5.41) is 4.20. The van der Waals surface area contributed by atoms with E-state index in [2.05, 4.69) is 22.5 Å². The molecule has 4 rings (SSSR count). The third kappa shape index (κ3) is 2.96. The van der Waals surface area contributed by atoms with Crippen molar-refractivity contribution in [1.82, 2.24) is 9.55 Å². The van der Waals surface area contributed by atoms with Crippen molar-refractivity contribution in [2.75, 3.05) is 5.32 Å². The van der Waals surface area contributed by atoms with Crippen LogP contribution in [0, 0.1) is 0 Å². The van der Waals surface area contributed by atoms with Crippen molar-refractivity contribution in [3.63, 3.8) is 0 Å². The SMILES string of the molecule is O=c1cc(NC2=CCCC=C2)n(-c2ccccc2)c2c(Cl)nccc12. The van der Waals surface area contributed by atoms with Gasteiger partial charge in [0.15, 0.2) is 10.6 Å². The van der Waals surface area contributed by atoms with Crippen molar-refractivity contribution < 1.29 is 0 Å². The first-order valence-corrected chi connectivity index (χ1v) is 8.51. The third-order valence-corrected chi connectivity index (χ3v) is 4.44. The topological polar surface area (TPSA) is 46.9 Å². The summed E-state index contributed by atoms with van der Waals surface area (Å²) in [7, 11) is 0. The van der Waals surface area contributed by atoms with Crippen molar-refractivity contribution in [3.05, 3.63) is 88.0 Å². The molecule has 124 valence electrons. The predicted molar refractivity (Wildman–Crippen MR) is 102 cm³/mol. The molecule has 0 aliphatic heterocycles. The quantitative estimate of drug-likeness (QED) is 0.698. The number of nitrogens with zero attached hydrogens (tertiary/aromatic N) is 2. The molecule has 2 aromatic heterocycles. The van der Waals surface area contributed by atoms with Crippen LogP contribution in [0.25, 0.3) is 16.6 Å². The molecular formula is C20H16ClN3O. The molecule has 4 nitrogen and oxygen atoms in total. The van der Waals surface area contributed by atoms with Gasteiger partial charge in [-0.25, -0.2) is 4.98 Å². The number of para-hydroxylation sites is 1. The van der Waals surface area contributed by atoms with Crippen LogP contribution in [0.1, 0.15) is 12.8 Å². The first-order valence-electron chi connectivity index (χ1n) is 8.13. The Kier molecular flexibility index (Phi) is 4.12. The molecule has 0 spiro atoms. The average Bonchev–Trinajstić information content (AvgIpc) is 2.64. The van der Waals surface area contributed by atoms with Gasteiger partial charge in [0.25, 0.3) is 0 Å². The molecule has 0 fully saturated rings. The number of hydrogen-bond acceptors (Lipinski definition) is 3. The molecule has 0 unspecified atom stereocenters. The standard InChI is InChI=1S/C20H16ClN3O/c21-20-19-16(11-12-22-20)17(25)13-18(23-14-7-3-1-4-8-14)24(19)15-9-5-2-6-10-15/h2-3,5-13,23H,1,4H2. The second-order valence-electron chi connectivity index (χ2n) is 5.83. The summed E-state index contributed by atoms with van der Waals surface area (Å²) in [5.74, 6) is 0.663. The molecule has 0 amide bonds. The normalized spacial score (nSPS) is 13.7. The van der Waals surface area contributed by atoms with Crippen molar-refractivity contribution in [2.45, 2.75) is 12.8 Å². The fraction of sp³-hybridized carbons (Fsp3) is 0.100. The first-order chi connectivity index (χ1) is 12.2. The highest BCUT2D eigenvalue weighted by Crippen LogP contribution is 2.27. The maximum atomic E-state index is 12.6. The van der Waals surface area contributed by atoms with Gasteiger partial charge in [0, 0.05) is 23.6 Å². The van der Waals surface area contributed by atoms with Crippen LogP contribution in [0.3, 0.4) is 0 Å². The number of aromatic nitrogens is 2. The molecule has 1 aromatic carbocycles. The molecule has 1 N–H and O–H groups in total. The van der Waals surface area contributed by atoms with Crippen molar-refractivity contribution in [2.24, 2.45) is 0 Å². The molecule has 0 saturated carbocycles. The summed E-state index contributed by atoms with van der Waals surface area (Å²) in [6.07, 6.45) is 9.82. The lowest BCUT2D eigenvalue weighted by Crippen LogP contribution is -2.15. The van der Waals surface area contributed by atoms with Crippen molar-refractivity contribution in [1.29, 1.82) is 0 Å². The van der Waals surface area contributed by atoms with E-state index in [9.17, 15) is 4.79 Å². The highest BCUT2D eigenvalue weighted by molar-refractivity contribution is 6.33. The summed E-state index contributed by atoms with van der Waals surface area (Å²) in [5.41, 5.74) is 2.39. The summed E-state index contributed by atoms with van der Waals surface area (Å²) in [6.45, 7) is 0. The number of nitrogens with one attached hydrogen (secondary N) is 1. The van der Waals surface area contributed by atoms with E-state index in [1.807, 2.05) is 41.0 Å². The van der Waals surface area contributed by atoms with Gasteiger partial charge >= 0.3 is 0 Å². The Bertz CT molecular complexity index is 1050. The Hall–Kier alpha value is -2.85. The number of halogens is 1. The monoisotopic (exact) mass is 349 g/mol. The molecule has 0 saturated heterocycles. The number of benzene rings is 1. The van der Waals surface area contributed by atoms with Gasteiger partial charge in [-0.2, -0.15) is 0 Å². The Morgan fingerprint density at radius 3 is 2.72 bits per heavy atom. The molecule has 1 aliphatic rings. The van der Waals surface area contributed by atoms with Crippen LogP contribution in [0.5, 0.6) is 0 Å². The zero-order valence-electron chi connectivity index (χ0n) is 13.4. The molecule has 0 bridgehead atoms. The van der Waals surface area contributed by atoms with E-state index in [0.717, 1.165) is 24.2 Å². The lowest BCUT2D eigenvalue weighted by molar-refractivity contribution is 1.01. The van der Waals surface area contributed by atoms with Gasteiger partial charge in [0.1, 0.15) is 5.82 Å². The van der Waals surface area contributed by atoms with Gasteiger partial charge < -0.3 is 5.32 Å².